The molecule has 0 bridgehead atoms. The summed E-state index contributed by atoms with van der Waals surface area (Å²) in [5, 5.41) is -0.0868. The van der Waals surface area contributed by atoms with E-state index in [4.69, 9.17) is 23.1 Å². The topological polar surface area (TPSA) is 46.2 Å². The van der Waals surface area contributed by atoms with E-state index in [1.807, 2.05) is 18.2 Å². The summed E-state index contributed by atoms with van der Waals surface area (Å²) in [5.41, 5.74) is 0. The Morgan fingerprint density at radius 3 is 2.26 bits per heavy atom. The monoisotopic (exact) mass is 338 g/mol. The highest BCUT2D eigenvalue weighted by atomic mass is 28.4. The standard InChI is InChI=1S/C17H26O5Si/c1-16(2,3)23(17(4,5)6)20-10-15(22-23)21-12-7-8-13-14(9-12)19-11-18-13/h7-9,15H,10-11H2,1-6H3. The van der Waals surface area contributed by atoms with E-state index in [1.54, 1.807) is 0 Å². The molecule has 0 amide bonds. The van der Waals surface area contributed by atoms with Gasteiger partial charge in [-0.1, -0.05) is 41.5 Å². The molecule has 2 aliphatic heterocycles. The van der Waals surface area contributed by atoms with E-state index in [-0.39, 0.29) is 23.2 Å². The van der Waals surface area contributed by atoms with Gasteiger partial charge in [-0.25, -0.2) is 0 Å². The molecule has 6 heteroatoms. The molecule has 0 saturated carbocycles. The van der Waals surface area contributed by atoms with Gasteiger partial charge in [0.25, 0.3) is 0 Å². The van der Waals surface area contributed by atoms with Crippen LogP contribution in [-0.2, 0) is 8.85 Å². The molecule has 2 heterocycles. The lowest BCUT2D eigenvalue weighted by Crippen LogP contribution is -2.54. The molecule has 0 aliphatic carbocycles. The molecule has 5 nitrogen and oxygen atoms in total. The predicted molar refractivity (Wildman–Crippen MR) is 89.2 cm³/mol. The minimum Gasteiger partial charge on any atom is -0.463 e. The third-order valence-electron chi connectivity index (χ3n) is 4.31. The Morgan fingerprint density at radius 1 is 1.00 bits per heavy atom. The highest BCUT2D eigenvalue weighted by Crippen LogP contribution is 2.54. The van der Waals surface area contributed by atoms with Gasteiger partial charge in [-0.15, -0.1) is 0 Å². The minimum atomic E-state index is -2.45. The minimum absolute atomic E-state index is 0.0434. The molecule has 23 heavy (non-hydrogen) atoms. The van der Waals surface area contributed by atoms with Gasteiger partial charge < -0.3 is 23.1 Å². The van der Waals surface area contributed by atoms with Crippen molar-refractivity contribution in [3.8, 4) is 17.2 Å². The average molecular weight is 338 g/mol. The molecule has 1 saturated heterocycles. The molecule has 0 N–H and O–H groups in total. The van der Waals surface area contributed by atoms with Gasteiger partial charge in [-0.05, 0) is 12.1 Å². The van der Waals surface area contributed by atoms with Crippen molar-refractivity contribution >= 4 is 8.56 Å². The fourth-order valence-corrected chi connectivity index (χ4v) is 8.26. The largest absolute Gasteiger partial charge is 0.463 e. The average Bonchev–Trinajstić information content (AvgIpc) is 3.03. The second-order valence-electron chi connectivity index (χ2n) is 8.11. The van der Waals surface area contributed by atoms with Crippen LogP contribution in [0.1, 0.15) is 41.5 Å². The molecule has 1 fully saturated rings. The maximum atomic E-state index is 6.42. The van der Waals surface area contributed by atoms with Crippen molar-refractivity contribution in [2.24, 2.45) is 0 Å². The Kier molecular flexibility index (Phi) is 3.90. The Morgan fingerprint density at radius 2 is 1.65 bits per heavy atom. The zero-order valence-corrected chi connectivity index (χ0v) is 15.8. The first-order chi connectivity index (χ1) is 10.6. The lowest BCUT2D eigenvalue weighted by molar-refractivity contribution is 0.0151. The molecule has 1 aromatic rings. The third kappa shape index (κ3) is 2.83. The maximum Gasteiger partial charge on any atom is 0.352 e. The number of ether oxygens (including phenoxy) is 3. The van der Waals surface area contributed by atoms with E-state index >= 15 is 0 Å². The van der Waals surface area contributed by atoms with E-state index in [9.17, 15) is 0 Å². The van der Waals surface area contributed by atoms with E-state index in [0.29, 0.717) is 18.1 Å². The first-order valence-electron chi connectivity index (χ1n) is 8.00. The molecule has 1 unspecified atom stereocenters. The summed E-state index contributed by atoms with van der Waals surface area (Å²) in [6, 6.07) is 5.56. The lowest BCUT2D eigenvalue weighted by Gasteiger charge is -2.45. The van der Waals surface area contributed by atoms with Crippen molar-refractivity contribution in [2.45, 2.75) is 57.9 Å². The Hall–Kier alpha value is -1.24. The summed E-state index contributed by atoms with van der Waals surface area (Å²) in [6.07, 6.45) is -0.388. The van der Waals surface area contributed by atoms with Gasteiger partial charge in [-0.3, -0.25) is 0 Å². The second-order valence-corrected chi connectivity index (χ2v) is 12.9. The van der Waals surface area contributed by atoms with Crippen LogP contribution < -0.4 is 14.2 Å². The van der Waals surface area contributed by atoms with Crippen molar-refractivity contribution in [1.29, 1.82) is 0 Å². The molecule has 0 aromatic heterocycles. The van der Waals surface area contributed by atoms with Crippen LogP contribution in [0.4, 0.5) is 0 Å². The highest BCUT2D eigenvalue weighted by molar-refractivity contribution is 6.73. The predicted octanol–water partition coefficient (Wildman–Crippen LogP) is 4.21. The van der Waals surface area contributed by atoms with Crippen LogP contribution in [0, 0.1) is 0 Å². The Bertz CT molecular complexity index is 574. The van der Waals surface area contributed by atoms with Gasteiger partial charge in [0, 0.05) is 16.1 Å². The number of hydrogen-bond donors (Lipinski definition) is 0. The summed E-state index contributed by atoms with van der Waals surface area (Å²) >= 11 is 0. The summed E-state index contributed by atoms with van der Waals surface area (Å²) in [4.78, 5) is 0. The Labute approximate surface area is 139 Å². The molecule has 1 aromatic carbocycles. The fraction of sp³-hybridized carbons (Fsp3) is 0.647. The van der Waals surface area contributed by atoms with Crippen LogP contribution in [0.5, 0.6) is 17.2 Å². The molecule has 0 radical (unpaired) electrons. The normalized spacial score (nSPS) is 23.1. The van der Waals surface area contributed by atoms with E-state index < -0.39 is 8.56 Å². The molecular formula is C17H26O5Si. The van der Waals surface area contributed by atoms with E-state index in [0.717, 1.165) is 5.75 Å². The second kappa shape index (κ2) is 5.39. The van der Waals surface area contributed by atoms with Crippen molar-refractivity contribution in [1.82, 2.24) is 0 Å². The van der Waals surface area contributed by atoms with Gasteiger partial charge in [0.1, 0.15) is 5.75 Å². The van der Waals surface area contributed by atoms with Crippen LogP contribution in [0.2, 0.25) is 10.1 Å². The number of rotatable bonds is 2. The molecule has 0 spiro atoms. The van der Waals surface area contributed by atoms with Crippen molar-refractivity contribution in [3.63, 3.8) is 0 Å². The van der Waals surface area contributed by atoms with Crippen LogP contribution in [0.15, 0.2) is 18.2 Å². The van der Waals surface area contributed by atoms with Crippen LogP contribution in [-0.4, -0.2) is 28.3 Å². The highest BCUT2D eigenvalue weighted by Gasteiger charge is 2.62. The number of hydrogen-bond acceptors (Lipinski definition) is 5. The molecule has 3 rings (SSSR count). The quantitative estimate of drug-likeness (QED) is 0.756. The van der Waals surface area contributed by atoms with Crippen LogP contribution in [0.3, 0.4) is 0 Å². The molecule has 128 valence electrons. The molecule has 2 aliphatic rings. The van der Waals surface area contributed by atoms with Gasteiger partial charge in [0.15, 0.2) is 11.5 Å². The zero-order chi connectivity index (χ0) is 16.9. The number of fused-ring (bicyclic) bond motifs is 1. The van der Waals surface area contributed by atoms with Gasteiger partial charge in [0.05, 0.1) is 6.61 Å². The number of benzene rings is 1. The maximum absolute atomic E-state index is 6.42. The first-order valence-corrected chi connectivity index (χ1v) is 9.82. The van der Waals surface area contributed by atoms with Crippen molar-refractivity contribution in [3.05, 3.63) is 18.2 Å². The van der Waals surface area contributed by atoms with Gasteiger partial charge in [0.2, 0.25) is 13.1 Å². The summed E-state index contributed by atoms with van der Waals surface area (Å²) in [7, 11) is -2.45. The molecule has 1 atom stereocenters. The fourth-order valence-electron chi connectivity index (χ4n) is 3.51. The lowest BCUT2D eigenvalue weighted by atomic mass is 10.2. The van der Waals surface area contributed by atoms with E-state index in [1.165, 1.54) is 0 Å². The Balaban J connectivity index is 1.76. The smallest absolute Gasteiger partial charge is 0.352 e. The van der Waals surface area contributed by atoms with Crippen LogP contribution >= 0.6 is 0 Å². The molecular weight excluding hydrogens is 312 g/mol. The van der Waals surface area contributed by atoms with Gasteiger partial charge >= 0.3 is 8.56 Å². The summed E-state index contributed by atoms with van der Waals surface area (Å²) < 4.78 is 29.4. The summed E-state index contributed by atoms with van der Waals surface area (Å²) in [5.74, 6) is 2.15. The first kappa shape index (κ1) is 16.6. The third-order valence-corrected chi connectivity index (χ3v) is 9.42. The van der Waals surface area contributed by atoms with E-state index in [2.05, 4.69) is 41.5 Å². The van der Waals surface area contributed by atoms with Crippen LogP contribution in [0.25, 0.3) is 0 Å². The van der Waals surface area contributed by atoms with Crippen molar-refractivity contribution in [2.75, 3.05) is 13.4 Å². The van der Waals surface area contributed by atoms with Gasteiger partial charge in [-0.2, -0.15) is 0 Å². The summed E-state index contributed by atoms with van der Waals surface area (Å²) in [6.45, 7) is 13.8. The SMILES string of the molecule is CC(C)(C)[Si]1(C(C)(C)C)OCC(Oc2ccc3c(c2)OCO3)O1. The van der Waals surface area contributed by atoms with Crippen molar-refractivity contribution < 1.29 is 23.1 Å². The zero-order valence-electron chi connectivity index (χ0n) is 14.8.